The number of methoxy groups -OCH3 is 2. The summed E-state index contributed by atoms with van der Waals surface area (Å²) in [5, 5.41) is 16.1. The largest absolute Gasteiger partial charge is 0.493 e. The van der Waals surface area contributed by atoms with Gasteiger partial charge in [0.2, 0.25) is 0 Å². The van der Waals surface area contributed by atoms with Crippen molar-refractivity contribution < 1.29 is 18.8 Å². The van der Waals surface area contributed by atoms with Crippen LogP contribution in [0.2, 0.25) is 0 Å². The lowest BCUT2D eigenvalue weighted by molar-refractivity contribution is 0.203. The molecule has 0 atom stereocenters. The van der Waals surface area contributed by atoms with Crippen LogP contribution in [0.4, 0.5) is 16.2 Å². The molecule has 1 aliphatic heterocycles. The Balaban J connectivity index is 1.76. The predicted octanol–water partition coefficient (Wildman–Crippen LogP) is 4.00. The van der Waals surface area contributed by atoms with Crippen LogP contribution in [0.15, 0.2) is 46.0 Å². The number of amides is 2. The third-order valence-corrected chi connectivity index (χ3v) is 5.59. The van der Waals surface area contributed by atoms with E-state index in [0.717, 1.165) is 39.5 Å². The standard InChI is InChI=1S/C24H27N5O4/c1-14-22(15(2)33-28-14)26-18-8-6-16(7-9-18)23-19-13-21(32-5)20(31-4)12-17(19)10-11-29(27-23)24(30)25-3/h6-9,12-13,26H,10-11H2,1-5H3,(H,25,30). The van der Waals surface area contributed by atoms with Crippen LogP contribution in [0, 0.1) is 13.8 Å². The molecule has 0 saturated carbocycles. The van der Waals surface area contributed by atoms with Gasteiger partial charge in [-0.3, -0.25) is 0 Å². The second-order valence-corrected chi connectivity index (χ2v) is 7.64. The van der Waals surface area contributed by atoms with Crippen LogP contribution in [0.25, 0.3) is 0 Å². The molecule has 2 heterocycles. The number of hydrazone groups is 1. The van der Waals surface area contributed by atoms with Gasteiger partial charge in [-0.25, -0.2) is 9.80 Å². The second kappa shape index (κ2) is 9.23. The highest BCUT2D eigenvalue weighted by Crippen LogP contribution is 2.34. The van der Waals surface area contributed by atoms with E-state index in [0.29, 0.717) is 30.2 Å². The van der Waals surface area contributed by atoms with E-state index in [2.05, 4.69) is 15.8 Å². The van der Waals surface area contributed by atoms with E-state index < -0.39 is 0 Å². The van der Waals surface area contributed by atoms with Gasteiger partial charge < -0.3 is 24.6 Å². The highest BCUT2D eigenvalue weighted by molar-refractivity contribution is 6.14. The lowest BCUT2D eigenvalue weighted by atomic mass is 9.95. The number of urea groups is 1. The molecule has 2 amide bonds. The Hall–Kier alpha value is -4.01. The first-order chi connectivity index (χ1) is 15.9. The topological polar surface area (TPSA) is 101 Å². The maximum Gasteiger partial charge on any atom is 0.337 e. The van der Waals surface area contributed by atoms with Crippen molar-refractivity contribution in [2.75, 3.05) is 33.1 Å². The lowest BCUT2D eigenvalue weighted by Gasteiger charge is -2.16. The van der Waals surface area contributed by atoms with E-state index >= 15 is 0 Å². The number of benzene rings is 2. The molecule has 172 valence electrons. The molecule has 33 heavy (non-hydrogen) atoms. The molecule has 0 aliphatic carbocycles. The van der Waals surface area contributed by atoms with Crippen LogP contribution < -0.4 is 20.1 Å². The Kier molecular flexibility index (Phi) is 6.21. The number of rotatable bonds is 5. The summed E-state index contributed by atoms with van der Waals surface area (Å²) in [6, 6.07) is 11.4. The van der Waals surface area contributed by atoms with Crippen molar-refractivity contribution in [1.82, 2.24) is 15.5 Å². The van der Waals surface area contributed by atoms with Gasteiger partial charge in [0.1, 0.15) is 11.4 Å². The van der Waals surface area contributed by atoms with Gasteiger partial charge in [-0.1, -0.05) is 17.3 Å². The second-order valence-electron chi connectivity index (χ2n) is 7.64. The lowest BCUT2D eigenvalue weighted by Crippen LogP contribution is -2.35. The summed E-state index contributed by atoms with van der Waals surface area (Å²) in [6.07, 6.45) is 0.627. The predicted molar refractivity (Wildman–Crippen MR) is 126 cm³/mol. The fraction of sp³-hybridized carbons (Fsp3) is 0.292. The Morgan fingerprint density at radius 1 is 1.09 bits per heavy atom. The average Bonchev–Trinajstić information content (AvgIpc) is 3.05. The van der Waals surface area contributed by atoms with Crippen molar-refractivity contribution in [3.05, 3.63) is 64.5 Å². The van der Waals surface area contributed by atoms with Gasteiger partial charge in [-0.05, 0) is 50.1 Å². The maximum absolute atomic E-state index is 12.4. The van der Waals surface area contributed by atoms with E-state index in [1.54, 1.807) is 21.3 Å². The van der Waals surface area contributed by atoms with Gasteiger partial charge >= 0.3 is 6.03 Å². The first-order valence-corrected chi connectivity index (χ1v) is 10.6. The number of ether oxygens (including phenoxy) is 2. The zero-order chi connectivity index (χ0) is 23.5. The number of aryl methyl sites for hydroxylation is 2. The molecule has 9 nitrogen and oxygen atoms in total. The minimum atomic E-state index is -0.268. The molecule has 2 aromatic carbocycles. The summed E-state index contributed by atoms with van der Waals surface area (Å²) in [5.74, 6) is 1.97. The van der Waals surface area contributed by atoms with Gasteiger partial charge in [0.15, 0.2) is 17.3 Å². The van der Waals surface area contributed by atoms with Crippen molar-refractivity contribution in [2.45, 2.75) is 20.3 Å². The summed E-state index contributed by atoms with van der Waals surface area (Å²) < 4.78 is 16.2. The summed E-state index contributed by atoms with van der Waals surface area (Å²) in [5.41, 5.74) is 5.99. The van der Waals surface area contributed by atoms with E-state index in [9.17, 15) is 4.79 Å². The number of nitrogens with one attached hydrogen (secondary N) is 2. The van der Waals surface area contributed by atoms with Crippen LogP contribution >= 0.6 is 0 Å². The minimum Gasteiger partial charge on any atom is -0.493 e. The normalized spacial score (nSPS) is 13.0. The number of carbonyl (C=O) groups excluding carboxylic acids is 1. The first kappa shape index (κ1) is 22.2. The molecule has 2 N–H and O–H groups in total. The third kappa shape index (κ3) is 4.34. The first-order valence-electron chi connectivity index (χ1n) is 10.6. The smallest absolute Gasteiger partial charge is 0.337 e. The molecular formula is C24H27N5O4. The monoisotopic (exact) mass is 449 g/mol. The van der Waals surface area contributed by atoms with Crippen LogP contribution in [-0.4, -0.2) is 49.7 Å². The van der Waals surface area contributed by atoms with E-state index in [1.165, 1.54) is 5.01 Å². The maximum atomic E-state index is 12.4. The van der Waals surface area contributed by atoms with Crippen molar-refractivity contribution >= 4 is 23.1 Å². The zero-order valence-electron chi connectivity index (χ0n) is 19.4. The van der Waals surface area contributed by atoms with Crippen LogP contribution in [0.5, 0.6) is 11.5 Å². The molecule has 4 rings (SSSR count). The minimum absolute atomic E-state index is 0.268. The van der Waals surface area contributed by atoms with Crippen LogP contribution in [0.3, 0.4) is 0 Å². The Morgan fingerprint density at radius 2 is 1.79 bits per heavy atom. The molecule has 3 aromatic rings. The fourth-order valence-corrected chi connectivity index (χ4v) is 3.81. The zero-order valence-corrected chi connectivity index (χ0v) is 19.4. The number of hydrogen-bond donors (Lipinski definition) is 2. The van der Waals surface area contributed by atoms with Gasteiger partial charge in [0.05, 0.1) is 26.5 Å². The van der Waals surface area contributed by atoms with E-state index in [4.69, 9.17) is 19.1 Å². The SMILES string of the molecule is CNC(=O)N1CCc2cc(OC)c(OC)cc2C(c2ccc(Nc3c(C)noc3C)cc2)=N1. The average molecular weight is 450 g/mol. The van der Waals surface area contributed by atoms with Gasteiger partial charge in [0, 0.05) is 23.9 Å². The number of nitrogens with zero attached hydrogens (tertiary/aromatic N) is 3. The molecular weight excluding hydrogens is 422 g/mol. The quantitative estimate of drug-likeness (QED) is 0.611. The van der Waals surface area contributed by atoms with Crippen molar-refractivity contribution in [1.29, 1.82) is 0 Å². The molecule has 0 unspecified atom stereocenters. The molecule has 0 radical (unpaired) electrons. The highest BCUT2D eigenvalue weighted by atomic mass is 16.5. The van der Waals surface area contributed by atoms with E-state index in [1.807, 2.05) is 50.2 Å². The molecule has 1 aromatic heterocycles. The Labute approximate surface area is 192 Å². The molecule has 1 aliphatic rings. The molecule has 0 saturated heterocycles. The van der Waals surface area contributed by atoms with Gasteiger partial charge in [-0.15, -0.1) is 0 Å². The van der Waals surface area contributed by atoms with Crippen molar-refractivity contribution in [3.63, 3.8) is 0 Å². The van der Waals surface area contributed by atoms with Crippen LogP contribution in [0.1, 0.15) is 28.1 Å². The molecule has 0 bridgehead atoms. The Bertz CT molecular complexity index is 1180. The fourth-order valence-electron chi connectivity index (χ4n) is 3.81. The van der Waals surface area contributed by atoms with Crippen LogP contribution in [-0.2, 0) is 6.42 Å². The van der Waals surface area contributed by atoms with Gasteiger partial charge in [-0.2, -0.15) is 5.10 Å². The number of anilines is 2. The number of hydrogen-bond acceptors (Lipinski definition) is 7. The third-order valence-electron chi connectivity index (χ3n) is 5.59. The summed E-state index contributed by atoms with van der Waals surface area (Å²) in [6.45, 7) is 4.19. The van der Waals surface area contributed by atoms with Crippen molar-refractivity contribution in [2.24, 2.45) is 5.10 Å². The van der Waals surface area contributed by atoms with Gasteiger partial charge in [0.25, 0.3) is 0 Å². The number of carbonyl (C=O) groups is 1. The number of fused-ring (bicyclic) bond motifs is 1. The summed E-state index contributed by atoms with van der Waals surface area (Å²) >= 11 is 0. The Morgan fingerprint density at radius 3 is 2.39 bits per heavy atom. The number of aromatic nitrogens is 1. The summed E-state index contributed by atoms with van der Waals surface area (Å²) in [4.78, 5) is 12.4. The molecule has 9 heteroatoms. The van der Waals surface area contributed by atoms with E-state index in [-0.39, 0.29) is 6.03 Å². The molecule has 0 fully saturated rings. The molecule has 0 spiro atoms. The summed E-state index contributed by atoms with van der Waals surface area (Å²) in [7, 11) is 4.80. The highest BCUT2D eigenvalue weighted by Gasteiger charge is 2.24. The van der Waals surface area contributed by atoms with Crippen molar-refractivity contribution in [3.8, 4) is 11.5 Å².